The van der Waals surface area contributed by atoms with E-state index in [-0.39, 0.29) is 25.5 Å². The number of esters is 1. The number of para-hydroxylation sites is 1. The molecule has 2 saturated heterocycles. The number of likely N-dealkylation sites (N-methyl/N-ethyl adjacent to an activating group) is 1. The zero-order valence-corrected chi connectivity index (χ0v) is 27.5. The van der Waals surface area contributed by atoms with E-state index in [1.165, 1.54) is 9.80 Å². The van der Waals surface area contributed by atoms with Gasteiger partial charge in [-0.05, 0) is 37.5 Å². The fraction of sp³-hybridized carbons (Fsp3) is 0.444. The summed E-state index contributed by atoms with van der Waals surface area (Å²) in [6, 6.07) is 13.8. The number of benzene rings is 2. The maximum absolute atomic E-state index is 14.7. The van der Waals surface area contributed by atoms with Gasteiger partial charge in [0.25, 0.3) is 5.91 Å². The number of likely N-dealkylation sites (tertiary alicyclic amines) is 1. The molecular weight excluding hydrogens is 622 g/mol. The summed E-state index contributed by atoms with van der Waals surface area (Å²) < 4.78 is 13.1. The Kier molecular flexibility index (Phi) is 9.29. The zero-order valence-electron chi connectivity index (χ0n) is 26.7. The first-order chi connectivity index (χ1) is 22.6. The van der Waals surface area contributed by atoms with Crippen molar-refractivity contribution in [2.75, 3.05) is 25.1 Å². The van der Waals surface area contributed by atoms with Crippen LogP contribution in [-0.4, -0.2) is 88.6 Å². The van der Waals surface area contributed by atoms with Crippen molar-refractivity contribution >= 4 is 41.0 Å². The molecule has 2 fully saturated rings. The highest BCUT2D eigenvalue weighted by molar-refractivity contribution is 6.34. The number of anilines is 1. The monoisotopic (exact) mass is 661 g/mol. The number of ether oxygens (including phenoxy) is 2. The molecule has 248 valence electrons. The van der Waals surface area contributed by atoms with E-state index in [1.54, 1.807) is 60.5 Å². The maximum atomic E-state index is 14.7. The van der Waals surface area contributed by atoms with Gasteiger partial charge in [-0.1, -0.05) is 85.3 Å². The minimum absolute atomic E-state index is 0.100. The number of hydrogen-bond donors (Lipinski definition) is 1. The number of aliphatic hydroxyl groups excluding tert-OH is 1. The van der Waals surface area contributed by atoms with Gasteiger partial charge in [0.05, 0.1) is 41.4 Å². The molecule has 3 amide bonds. The van der Waals surface area contributed by atoms with Gasteiger partial charge in [-0.2, -0.15) is 0 Å². The topological polar surface area (TPSA) is 117 Å². The van der Waals surface area contributed by atoms with Crippen molar-refractivity contribution in [1.29, 1.82) is 0 Å². The molecule has 47 heavy (non-hydrogen) atoms. The number of fused-ring (bicyclic) bond motifs is 2. The van der Waals surface area contributed by atoms with E-state index in [0.717, 1.165) is 0 Å². The summed E-state index contributed by atoms with van der Waals surface area (Å²) in [5.41, 5.74) is -0.355. The molecule has 4 aliphatic rings. The van der Waals surface area contributed by atoms with Crippen molar-refractivity contribution in [1.82, 2.24) is 9.80 Å². The molecule has 0 aliphatic carbocycles. The largest absolute Gasteiger partial charge is 0.455 e. The number of hydrogen-bond acceptors (Lipinski definition) is 7. The molecule has 11 heteroatoms. The average Bonchev–Trinajstić information content (AvgIpc) is 3.47. The molecule has 4 heterocycles. The summed E-state index contributed by atoms with van der Waals surface area (Å²) in [7, 11) is 1.69. The van der Waals surface area contributed by atoms with E-state index in [4.69, 9.17) is 21.1 Å². The third-order valence-electron chi connectivity index (χ3n) is 10.1. The lowest BCUT2D eigenvalue weighted by Gasteiger charge is -2.38. The number of amides is 3. The quantitative estimate of drug-likeness (QED) is 0.379. The van der Waals surface area contributed by atoms with Crippen LogP contribution in [0.5, 0.6) is 0 Å². The third-order valence-corrected chi connectivity index (χ3v) is 10.4. The van der Waals surface area contributed by atoms with Gasteiger partial charge in [0.2, 0.25) is 11.8 Å². The van der Waals surface area contributed by atoms with E-state index in [1.807, 2.05) is 44.2 Å². The molecular formula is C36H40ClN3O7. The number of halogens is 1. The summed E-state index contributed by atoms with van der Waals surface area (Å²) in [6.45, 7) is 3.44. The summed E-state index contributed by atoms with van der Waals surface area (Å²) in [4.78, 5) is 61.5. The Bertz CT molecular complexity index is 1590. The van der Waals surface area contributed by atoms with Crippen LogP contribution in [0.1, 0.15) is 44.8 Å². The number of aliphatic hydroxyl groups is 1. The lowest BCUT2D eigenvalue weighted by Crippen LogP contribution is -2.58. The number of rotatable bonds is 5. The first kappa shape index (κ1) is 32.9. The molecule has 4 aliphatic heterocycles. The van der Waals surface area contributed by atoms with Crippen LogP contribution in [-0.2, 0) is 28.7 Å². The van der Waals surface area contributed by atoms with E-state index in [0.29, 0.717) is 29.1 Å². The first-order valence-corrected chi connectivity index (χ1v) is 16.5. The van der Waals surface area contributed by atoms with Crippen LogP contribution in [0.2, 0.25) is 5.02 Å². The molecule has 1 N–H and O–H groups in total. The second kappa shape index (κ2) is 13.3. The van der Waals surface area contributed by atoms with Crippen LogP contribution in [0.15, 0.2) is 78.9 Å². The molecule has 0 saturated carbocycles. The molecule has 6 rings (SSSR count). The predicted octanol–water partition coefficient (Wildman–Crippen LogP) is 4.08. The van der Waals surface area contributed by atoms with Crippen LogP contribution in [0, 0.1) is 11.8 Å². The van der Waals surface area contributed by atoms with E-state index in [2.05, 4.69) is 0 Å². The molecule has 1 spiro atoms. The Balaban J connectivity index is 1.48. The zero-order chi connectivity index (χ0) is 33.5. The average molecular weight is 662 g/mol. The Hall–Kier alpha value is -3.99. The molecule has 0 aromatic heterocycles. The van der Waals surface area contributed by atoms with Gasteiger partial charge in [0.15, 0.2) is 0 Å². The van der Waals surface area contributed by atoms with Crippen LogP contribution >= 0.6 is 11.6 Å². The minimum atomic E-state index is -1.54. The van der Waals surface area contributed by atoms with Crippen LogP contribution in [0.3, 0.4) is 0 Å². The van der Waals surface area contributed by atoms with E-state index in [9.17, 15) is 24.3 Å². The summed E-state index contributed by atoms with van der Waals surface area (Å²) in [5, 5.41) is 10.8. The highest BCUT2D eigenvalue weighted by Gasteiger charge is 2.72. The van der Waals surface area contributed by atoms with Crippen LogP contribution in [0.4, 0.5) is 5.69 Å². The second-order valence-corrected chi connectivity index (χ2v) is 13.0. The van der Waals surface area contributed by atoms with Gasteiger partial charge in [0, 0.05) is 20.0 Å². The molecule has 0 unspecified atom stereocenters. The Labute approximate surface area is 279 Å². The van der Waals surface area contributed by atoms with Gasteiger partial charge in [-0.3, -0.25) is 19.2 Å². The van der Waals surface area contributed by atoms with Gasteiger partial charge in [-0.25, -0.2) is 0 Å². The third kappa shape index (κ3) is 5.56. The fourth-order valence-electron chi connectivity index (χ4n) is 7.52. The smallest absolute Gasteiger partial charge is 0.313 e. The summed E-state index contributed by atoms with van der Waals surface area (Å²) >= 11 is 6.55. The van der Waals surface area contributed by atoms with Gasteiger partial charge in [-0.15, -0.1) is 0 Å². The molecule has 8 atom stereocenters. The minimum Gasteiger partial charge on any atom is -0.455 e. The number of nitrogens with zero attached hydrogens (tertiary/aromatic N) is 3. The van der Waals surface area contributed by atoms with Crippen molar-refractivity contribution in [3.63, 3.8) is 0 Å². The van der Waals surface area contributed by atoms with E-state index < -0.39 is 65.6 Å². The second-order valence-electron chi connectivity index (χ2n) is 12.6. The predicted molar refractivity (Wildman–Crippen MR) is 175 cm³/mol. The molecule has 2 aromatic rings. The Morgan fingerprint density at radius 3 is 2.45 bits per heavy atom. The Morgan fingerprint density at radius 2 is 1.74 bits per heavy atom. The normalized spacial score (nSPS) is 32.5. The lowest BCUT2D eigenvalue weighted by molar-refractivity contribution is -0.164. The highest BCUT2D eigenvalue weighted by Crippen LogP contribution is 2.54. The van der Waals surface area contributed by atoms with Crippen molar-refractivity contribution < 1.29 is 33.8 Å². The SMILES string of the molecule is CC[C@@H](CO)N1C(=O)[C@H]2[C@@H]3C(=O)O[C@@H](c4ccccc4)[C@H](C)N(C)C(=O)CC/C=C\[C@@H]3O[C@]23C=CCN(c2ccccc2Cl)C(=O)[C@H]13. The number of carbonyl (C=O) groups excluding carboxylic acids is 4. The molecule has 0 bridgehead atoms. The van der Waals surface area contributed by atoms with Gasteiger partial charge >= 0.3 is 5.97 Å². The molecule has 0 radical (unpaired) electrons. The van der Waals surface area contributed by atoms with Crippen molar-refractivity contribution in [2.24, 2.45) is 11.8 Å². The molecule has 10 nitrogen and oxygen atoms in total. The Morgan fingerprint density at radius 1 is 1.02 bits per heavy atom. The standard InChI is InChI=1S/C36H40ClN3O7/c1-4-24(21-41)40-32-34(44)39(26-16-9-8-15-25(26)37)20-12-19-36(32)30(33(40)43)29-27(47-36)17-10-11-18-28(42)38(3)22(2)31(46-35(29)45)23-13-6-5-7-14-23/h5-10,12-17,19,22,24,27,29-32,41H,4,11,18,20-21H2,1-3H3/b17-10-/t22-,24-,27-,29+,30+,31+,32-,36+/m0/s1. The lowest BCUT2D eigenvalue weighted by atomic mass is 9.77. The van der Waals surface area contributed by atoms with Crippen LogP contribution in [0.25, 0.3) is 0 Å². The summed E-state index contributed by atoms with van der Waals surface area (Å²) in [5.74, 6) is -3.87. The first-order valence-electron chi connectivity index (χ1n) is 16.2. The number of allylic oxidation sites excluding steroid dienone is 1. The maximum Gasteiger partial charge on any atom is 0.313 e. The summed E-state index contributed by atoms with van der Waals surface area (Å²) in [6.07, 6.45) is 6.26. The number of cyclic esters (lactones) is 1. The van der Waals surface area contributed by atoms with Crippen molar-refractivity contribution in [2.45, 2.75) is 69.0 Å². The highest BCUT2D eigenvalue weighted by atomic mass is 35.5. The fourth-order valence-corrected chi connectivity index (χ4v) is 7.76. The number of carbonyl (C=O) groups is 4. The van der Waals surface area contributed by atoms with Crippen molar-refractivity contribution in [3.8, 4) is 0 Å². The van der Waals surface area contributed by atoms with Gasteiger partial charge in [0.1, 0.15) is 23.7 Å². The van der Waals surface area contributed by atoms with Crippen LogP contribution < -0.4 is 4.90 Å². The van der Waals surface area contributed by atoms with Gasteiger partial charge < -0.3 is 29.3 Å². The molecule has 2 aromatic carbocycles. The van der Waals surface area contributed by atoms with Crippen molar-refractivity contribution in [3.05, 3.63) is 89.5 Å². The van der Waals surface area contributed by atoms with E-state index >= 15 is 0 Å².